The van der Waals surface area contributed by atoms with Crippen LogP contribution in [-0.2, 0) is 15.0 Å². The molecule has 3 N–H and O–H groups in total. The average molecular weight is 365 g/mol. The minimum Gasteiger partial charge on any atom is -0.376 e. The van der Waals surface area contributed by atoms with Crippen LogP contribution in [0.4, 0.5) is 11.4 Å². The molecule has 1 saturated carbocycles. The highest BCUT2D eigenvalue weighted by atomic mass is 16.2. The fourth-order valence-corrected chi connectivity index (χ4v) is 3.02. The highest BCUT2D eigenvalue weighted by Gasteiger charge is 2.44. The Morgan fingerprint density at radius 3 is 2.37 bits per heavy atom. The summed E-state index contributed by atoms with van der Waals surface area (Å²) in [6.45, 7) is 4.57. The Hall–Kier alpha value is -2.82. The molecule has 0 heterocycles. The van der Waals surface area contributed by atoms with Gasteiger partial charge in [-0.05, 0) is 36.6 Å². The lowest BCUT2D eigenvalue weighted by Crippen LogP contribution is -2.35. The van der Waals surface area contributed by atoms with Gasteiger partial charge in [-0.2, -0.15) is 0 Å². The van der Waals surface area contributed by atoms with Crippen LogP contribution in [0.2, 0.25) is 0 Å². The number of nitrogens with one attached hydrogen (secondary N) is 3. The molecule has 0 aromatic heterocycles. The second-order valence-corrected chi connectivity index (χ2v) is 7.50. The van der Waals surface area contributed by atoms with Gasteiger partial charge in [-0.15, -0.1) is 0 Å². The Balaban J connectivity index is 1.48. The van der Waals surface area contributed by atoms with Crippen molar-refractivity contribution >= 4 is 23.2 Å². The van der Waals surface area contributed by atoms with E-state index in [1.807, 2.05) is 56.3 Å². The van der Waals surface area contributed by atoms with E-state index in [-0.39, 0.29) is 29.7 Å². The summed E-state index contributed by atoms with van der Waals surface area (Å²) in [7, 11) is 0. The van der Waals surface area contributed by atoms with Gasteiger partial charge in [0.2, 0.25) is 11.8 Å². The maximum Gasteiger partial charge on any atom is 0.239 e. The molecule has 0 atom stereocenters. The third kappa shape index (κ3) is 5.09. The highest BCUT2D eigenvalue weighted by Crippen LogP contribution is 2.47. The zero-order valence-electron chi connectivity index (χ0n) is 15.9. The van der Waals surface area contributed by atoms with E-state index in [2.05, 4.69) is 28.1 Å². The molecule has 2 aromatic rings. The minimum atomic E-state index is -0.0771. The van der Waals surface area contributed by atoms with Gasteiger partial charge < -0.3 is 16.0 Å². The second-order valence-electron chi connectivity index (χ2n) is 7.50. The number of hydrogen-bond acceptors (Lipinski definition) is 3. The van der Waals surface area contributed by atoms with Crippen LogP contribution in [0.25, 0.3) is 0 Å². The number of anilines is 2. The molecule has 1 aliphatic carbocycles. The number of hydrogen-bond donors (Lipinski definition) is 3. The molecular formula is C22H27N3O2. The normalized spacial score (nSPS) is 14.5. The lowest BCUT2D eigenvalue weighted by atomic mass is 9.96. The summed E-state index contributed by atoms with van der Waals surface area (Å²) in [6, 6.07) is 17.8. The van der Waals surface area contributed by atoms with Crippen molar-refractivity contribution in [3.05, 3.63) is 60.2 Å². The van der Waals surface area contributed by atoms with Gasteiger partial charge in [0.25, 0.3) is 0 Å². The van der Waals surface area contributed by atoms with Crippen LogP contribution < -0.4 is 16.0 Å². The molecule has 1 aliphatic rings. The Kier molecular flexibility index (Phi) is 5.79. The Bertz CT molecular complexity index is 798. The van der Waals surface area contributed by atoms with Gasteiger partial charge in [0.05, 0.1) is 6.54 Å². The van der Waals surface area contributed by atoms with Crippen molar-refractivity contribution in [2.24, 2.45) is 5.92 Å². The summed E-state index contributed by atoms with van der Waals surface area (Å²) in [5.41, 5.74) is 2.93. The van der Waals surface area contributed by atoms with Crippen molar-refractivity contribution in [2.75, 3.05) is 23.7 Å². The van der Waals surface area contributed by atoms with Gasteiger partial charge in [0.15, 0.2) is 0 Å². The molecule has 0 spiro atoms. The summed E-state index contributed by atoms with van der Waals surface area (Å²) in [5, 5.41) is 9.03. The van der Waals surface area contributed by atoms with E-state index in [0.29, 0.717) is 6.54 Å². The molecule has 2 amide bonds. The molecule has 142 valence electrons. The number of amides is 2. The lowest BCUT2D eigenvalue weighted by molar-refractivity contribution is -0.120. The van der Waals surface area contributed by atoms with Crippen LogP contribution in [0.1, 0.15) is 32.3 Å². The molecule has 27 heavy (non-hydrogen) atoms. The molecule has 1 fully saturated rings. The Morgan fingerprint density at radius 1 is 1.00 bits per heavy atom. The van der Waals surface area contributed by atoms with Crippen molar-refractivity contribution in [3.63, 3.8) is 0 Å². The van der Waals surface area contributed by atoms with Gasteiger partial charge in [-0.3, -0.25) is 9.59 Å². The van der Waals surface area contributed by atoms with E-state index < -0.39 is 0 Å². The third-order valence-electron chi connectivity index (χ3n) is 4.97. The van der Waals surface area contributed by atoms with Crippen molar-refractivity contribution in [1.82, 2.24) is 5.32 Å². The fraction of sp³-hybridized carbons (Fsp3) is 0.364. The predicted molar refractivity (Wildman–Crippen MR) is 109 cm³/mol. The van der Waals surface area contributed by atoms with Crippen LogP contribution in [0, 0.1) is 5.92 Å². The number of carbonyl (C=O) groups is 2. The van der Waals surface area contributed by atoms with Crippen LogP contribution in [0.3, 0.4) is 0 Å². The summed E-state index contributed by atoms with van der Waals surface area (Å²) < 4.78 is 0. The minimum absolute atomic E-state index is 0.0273. The van der Waals surface area contributed by atoms with Gasteiger partial charge in [-0.25, -0.2) is 0 Å². The molecule has 0 saturated heterocycles. The molecule has 5 heteroatoms. The second kappa shape index (κ2) is 8.25. The lowest BCUT2D eigenvalue weighted by Gasteiger charge is -2.17. The van der Waals surface area contributed by atoms with Crippen molar-refractivity contribution in [3.8, 4) is 0 Å². The van der Waals surface area contributed by atoms with Gasteiger partial charge in [0.1, 0.15) is 0 Å². The molecule has 0 unspecified atom stereocenters. The van der Waals surface area contributed by atoms with Crippen molar-refractivity contribution < 1.29 is 9.59 Å². The van der Waals surface area contributed by atoms with E-state index in [9.17, 15) is 9.59 Å². The number of benzene rings is 2. The molecule has 2 aromatic carbocycles. The van der Waals surface area contributed by atoms with E-state index in [0.717, 1.165) is 24.2 Å². The molecule has 0 bridgehead atoms. The zero-order valence-corrected chi connectivity index (χ0v) is 15.9. The topological polar surface area (TPSA) is 70.2 Å². The first-order valence-electron chi connectivity index (χ1n) is 9.45. The van der Waals surface area contributed by atoms with E-state index in [1.165, 1.54) is 5.56 Å². The molecule has 3 rings (SSSR count). The predicted octanol–water partition coefficient (Wildman–Crippen LogP) is 3.54. The standard InChI is InChI=1S/C22H27N3O2/c1-16(2)21(27)25-19-10-6-9-18(13-19)23-14-20(26)24-15-22(11-12-22)17-7-4-3-5-8-17/h3-10,13,16,23H,11-12,14-15H2,1-2H3,(H,24,26)(H,25,27). The number of carbonyl (C=O) groups excluding carboxylic acids is 2. The van der Waals surface area contributed by atoms with Gasteiger partial charge in [-0.1, -0.05) is 50.2 Å². The largest absolute Gasteiger partial charge is 0.376 e. The first-order chi connectivity index (χ1) is 13.0. The van der Waals surface area contributed by atoms with E-state index in [4.69, 9.17) is 0 Å². The van der Waals surface area contributed by atoms with Crippen LogP contribution in [0.15, 0.2) is 54.6 Å². The summed E-state index contributed by atoms with van der Waals surface area (Å²) in [6.07, 6.45) is 2.23. The summed E-state index contributed by atoms with van der Waals surface area (Å²) in [4.78, 5) is 24.0. The monoisotopic (exact) mass is 365 g/mol. The average Bonchev–Trinajstić information content (AvgIpc) is 3.47. The molecule has 0 radical (unpaired) electrons. The van der Waals surface area contributed by atoms with Crippen molar-refractivity contribution in [2.45, 2.75) is 32.1 Å². The molecule has 5 nitrogen and oxygen atoms in total. The maximum absolute atomic E-state index is 12.2. The van der Waals surface area contributed by atoms with Crippen LogP contribution >= 0.6 is 0 Å². The molecule has 0 aliphatic heterocycles. The smallest absolute Gasteiger partial charge is 0.239 e. The first-order valence-corrected chi connectivity index (χ1v) is 9.45. The Morgan fingerprint density at radius 2 is 1.70 bits per heavy atom. The summed E-state index contributed by atoms with van der Waals surface area (Å²) in [5.74, 6) is -0.138. The van der Waals surface area contributed by atoms with Crippen LogP contribution in [-0.4, -0.2) is 24.9 Å². The maximum atomic E-state index is 12.2. The summed E-state index contributed by atoms with van der Waals surface area (Å²) >= 11 is 0. The van der Waals surface area contributed by atoms with Gasteiger partial charge in [0, 0.05) is 29.3 Å². The number of rotatable bonds is 8. The third-order valence-corrected chi connectivity index (χ3v) is 4.97. The first kappa shape index (κ1) is 19.0. The zero-order chi connectivity index (χ0) is 19.3. The van der Waals surface area contributed by atoms with Gasteiger partial charge >= 0.3 is 0 Å². The van der Waals surface area contributed by atoms with E-state index >= 15 is 0 Å². The van der Waals surface area contributed by atoms with Crippen molar-refractivity contribution in [1.29, 1.82) is 0 Å². The quantitative estimate of drug-likeness (QED) is 0.670. The van der Waals surface area contributed by atoms with E-state index in [1.54, 1.807) is 0 Å². The molecular weight excluding hydrogens is 338 g/mol. The highest BCUT2D eigenvalue weighted by molar-refractivity contribution is 5.92. The SMILES string of the molecule is CC(C)C(=O)Nc1cccc(NCC(=O)NCC2(c3ccccc3)CC2)c1. The van der Waals surface area contributed by atoms with Crippen LogP contribution in [0.5, 0.6) is 0 Å². The fourth-order valence-electron chi connectivity index (χ4n) is 3.02. The Labute approximate surface area is 160 Å².